The van der Waals surface area contributed by atoms with Crippen molar-refractivity contribution >= 4 is 28.7 Å². The van der Waals surface area contributed by atoms with Gasteiger partial charge >= 0.3 is 12.0 Å². The second-order valence-electron chi connectivity index (χ2n) is 5.09. The van der Waals surface area contributed by atoms with Crippen LogP contribution in [0.3, 0.4) is 0 Å². The Hall–Kier alpha value is -2.73. The lowest BCUT2D eigenvalue weighted by Crippen LogP contribution is -2.11. The van der Waals surface area contributed by atoms with E-state index in [-0.39, 0.29) is 25.3 Å². The number of carbonyl (C=O) groups excluding carboxylic acids is 1. The zero-order chi connectivity index (χ0) is 17.6. The maximum atomic E-state index is 11.0. The predicted octanol–water partition coefficient (Wildman–Crippen LogP) is 4.61. The number of fused-ring (bicyclic) bond motifs is 1. The first kappa shape index (κ1) is 17.1. The van der Waals surface area contributed by atoms with Crippen LogP contribution in [0.15, 0.2) is 46.9 Å². The molecule has 0 aliphatic carbocycles. The highest BCUT2D eigenvalue weighted by Crippen LogP contribution is 2.28. The normalized spacial score (nSPS) is 10.6. The summed E-state index contributed by atoms with van der Waals surface area (Å²) in [5.74, 6) is 0.957. The summed E-state index contributed by atoms with van der Waals surface area (Å²) in [6, 6.07) is 12.1. The fourth-order valence-corrected chi connectivity index (χ4v) is 2.20. The number of ether oxygens (including phenoxy) is 3. The summed E-state index contributed by atoms with van der Waals surface area (Å²) in [6.07, 6.45) is 0.492. The molecule has 7 heteroatoms. The Labute approximate surface area is 149 Å². The molecule has 0 amide bonds. The number of aromatic nitrogens is 1. The molecular weight excluding hydrogens is 346 g/mol. The van der Waals surface area contributed by atoms with Crippen LogP contribution in [0.1, 0.15) is 13.3 Å². The second-order valence-corrected chi connectivity index (χ2v) is 5.52. The molecule has 3 aromatic rings. The minimum Gasteiger partial charge on any atom is -0.490 e. The first-order valence-corrected chi connectivity index (χ1v) is 8.14. The molecule has 6 nitrogen and oxygen atoms in total. The van der Waals surface area contributed by atoms with Crippen molar-refractivity contribution in [1.29, 1.82) is 0 Å². The highest BCUT2D eigenvalue weighted by molar-refractivity contribution is 6.31. The van der Waals surface area contributed by atoms with Crippen LogP contribution >= 0.6 is 11.6 Å². The fourth-order valence-electron chi connectivity index (χ4n) is 2.04. The minimum absolute atomic E-state index is 0.136. The highest BCUT2D eigenvalue weighted by atomic mass is 35.5. The van der Waals surface area contributed by atoms with Gasteiger partial charge in [-0.3, -0.25) is 4.79 Å². The SMILES string of the molecule is CCC(=O)OCCOc1ccc(Oc2nc3ccc(Cl)cc3o2)cc1. The monoisotopic (exact) mass is 361 g/mol. The zero-order valence-electron chi connectivity index (χ0n) is 13.5. The summed E-state index contributed by atoms with van der Waals surface area (Å²) in [6.45, 7) is 2.25. The van der Waals surface area contributed by atoms with E-state index in [1.165, 1.54) is 0 Å². The van der Waals surface area contributed by atoms with Crippen LogP contribution in [0.5, 0.6) is 17.6 Å². The number of halogens is 1. The molecule has 0 N–H and O–H groups in total. The summed E-state index contributed by atoms with van der Waals surface area (Å²) in [4.78, 5) is 15.2. The molecule has 0 saturated carbocycles. The van der Waals surface area contributed by atoms with Gasteiger partial charge in [-0.1, -0.05) is 18.5 Å². The average molecular weight is 362 g/mol. The molecule has 3 rings (SSSR count). The van der Waals surface area contributed by atoms with Crippen LogP contribution in [-0.2, 0) is 9.53 Å². The van der Waals surface area contributed by atoms with Crippen LogP contribution in [0.2, 0.25) is 5.02 Å². The largest absolute Gasteiger partial charge is 0.490 e. The van der Waals surface area contributed by atoms with Gasteiger partial charge < -0.3 is 18.6 Å². The number of esters is 1. The Morgan fingerprint density at radius 3 is 2.64 bits per heavy atom. The van der Waals surface area contributed by atoms with Gasteiger partial charge in [0.15, 0.2) is 5.58 Å². The molecule has 1 heterocycles. The molecule has 1 aromatic heterocycles. The third-order valence-corrected chi connectivity index (χ3v) is 3.50. The van der Waals surface area contributed by atoms with Gasteiger partial charge in [-0.05, 0) is 36.4 Å². The van der Waals surface area contributed by atoms with Crippen molar-refractivity contribution in [2.45, 2.75) is 13.3 Å². The average Bonchev–Trinajstić information content (AvgIpc) is 3.01. The molecule has 0 atom stereocenters. The molecule has 0 saturated heterocycles. The number of oxazole rings is 1. The Kier molecular flexibility index (Phi) is 5.40. The Balaban J connectivity index is 1.55. The van der Waals surface area contributed by atoms with E-state index in [9.17, 15) is 4.79 Å². The van der Waals surface area contributed by atoms with Crippen LogP contribution < -0.4 is 9.47 Å². The summed E-state index contributed by atoms with van der Waals surface area (Å²) >= 11 is 5.91. The number of hydrogen-bond donors (Lipinski definition) is 0. The molecule has 0 aliphatic heterocycles. The topological polar surface area (TPSA) is 70.8 Å². The van der Waals surface area contributed by atoms with Gasteiger partial charge in [0.2, 0.25) is 0 Å². The maximum absolute atomic E-state index is 11.0. The van der Waals surface area contributed by atoms with E-state index >= 15 is 0 Å². The molecule has 130 valence electrons. The molecule has 25 heavy (non-hydrogen) atoms. The molecule has 0 unspecified atom stereocenters. The standard InChI is InChI=1S/C18H16ClNO5/c1-2-17(21)23-10-9-22-13-4-6-14(7-5-13)24-18-20-15-8-3-12(19)11-16(15)25-18/h3-8,11H,2,9-10H2,1H3. The summed E-state index contributed by atoms with van der Waals surface area (Å²) in [5.41, 5.74) is 1.23. The van der Waals surface area contributed by atoms with Crippen LogP contribution in [0, 0.1) is 0 Å². The van der Waals surface area contributed by atoms with Gasteiger partial charge in [0, 0.05) is 17.5 Å². The van der Waals surface area contributed by atoms with E-state index < -0.39 is 0 Å². The number of benzene rings is 2. The zero-order valence-corrected chi connectivity index (χ0v) is 14.3. The van der Waals surface area contributed by atoms with Gasteiger partial charge in [0.1, 0.15) is 30.2 Å². The maximum Gasteiger partial charge on any atom is 0.400 e. The van der Waals surface area contributed by atoms with Crippen molar-refractivity contribution in [3.05, 3.63) is 47.5 Å². The van der Waals surface area contributed by atoms with E-state index in [1.54, 1.807) is 49.4 Å². The fraction of sp³-hybridized carbons (Fsp3) is 0.222. The van der Waals surface area contributed by atoms with Crippen molar-refractivity contribution in [1.82, 2.24) is 4.98 Å². The van der Waals surface area contributed by atoms with E-state index in [1.807, 2.05) is 0 Å². The summed E-state index contributed by atoms with van der Waals surface area (Å²) < 4.78 is 21.5. The lowest BCUT2D eigenvalue weighted by molar-refractivity contribution is -0.143. The first-order valence-electron chi connectivity index (χ1n) is 7.76. The Morgan fingerprint density at radius 1 is 1.12 bits per heavy atom. The van der Waals surface area contributed by atoms with E-state index in [2.05, 4.69) is 4.98 Å². The van der Waals surface area contributed by atoms with Crippen molar-refractivity contribution in [3.8, 4) is 17.6 Å². The molecule has 0 spiro atoms. The molecular formula is C18H16ClNO5. The smallest absolute Gasteiger partial charge is 0.400 e. The van der Waals surface area contributed by atoms with Crippen molar-refractivity contribution in [2.24, 2.45) is 0 Å². The molecule has 0 aliphatic rings. The summed E-state index contributed by atoms with van der Waals surface area (Å²) in [5, 5.41) is 0.571. The first-order chi connectivity index (χ1) is 12.1. The van der Waals surface area contributed by atoms with Crippen molar-refractivity contribution in [2.75, 3.05) is 13.2 Å². The molecule has 0 bridgehead atoms. The van der Waals surface area contributed by atoms with Crippen LogP contribution in [-0.4, -0.2) is 24.2 Å². The molecule has 2 aromatic carbocycles. The van der Waals surface area contributed by atoms with Crippen molar-refractivity contribution in [3.63, 3.8) is 0 Å². The molecule has 0 radical (unpaired) electrons. The van der Waals surface area contributed by atoms with Gasteiger partial charge in [0.25, 0.3) is 0 Å². The van der Waals surface area contributed by atoms with E-state index in [0.717, 1.165) is 0 Å². The van der Waals surface area contributed by atoms with Crippen molar-refractivity contribution < 1.29 is 23.4 Å². The second kappa shape index (κ2) is 7.90. The van der Waals surface area contributed by atoms with Crippen LogP contribution in [0.25, 0.3) is 11.1 Å². The Bertz CT molecular complexity index is 860. The number of nitrogens with zero attached hydrogens (tertiary/aromatic N) is 1. The third-order valence-electron chi connectivity index (χ3n) is 3.26. The molecule has 0 fully saturated rings. The number of rotatable bonds is 7. The van der Waals surface area contributed by atoms with E-state index in [0.29, 0.717) is 34.0 Å². The number of hydrogen-bond acceptors (Lipinski definition) is 6. The third kappa shape index (κ3) is 4.64. The highest BCUT2D eigenvalue weighted by Gasteiger charge is 2.08. The van der Waals surface area contributed by atoms with E-state index in [4.69, 9.17) is 30.2 Å². The Morgan fingerprint density at radius 2 is 1.88 bits per heavy atom. The van der Waals surface area contributed by atoms with Gasteiger partial charge in [-0.2, -0.15) is 4.98 Å². The van der Waals surface area contributed by atoms with Crippen LogP contribution in [0.4, 0.5) is 0 Å². The quantitative estimate of drug-likeness (QED) is 0.452. The lowest BCUT2D eigenvalue weighted by Gasteiger charge is -2.07. The lowest BCUT2D eigenvalue weighted by atomic mass is 10.3. The summed E-state index contributed by atoms with van der Waals surface area (Å²) in [7, 11) is 0. The minimum atomic E-state index is -0.244. The predicted molar refractivity (Wildman–Crippen MR) is 92.3 cm³/mol. The van der Waals surface area contributed by atoms with Gasteiger partial charge in [0.05, 0.1) is 0 Å². The van der Waals surface area contributed by atoms with Gasteiger partial charge in [-0.25, -0.2) is 0 Å². The number of carbonyl (C=O) groups is 1. The van der Waals surface area contributed by atoms with Gasteiger partial charge in [-0.15, -0.1) is 0 Å².